The zero-order chi connectivity index (χ0) is 13.4. The number of thiazole rings is 1. The zero-order valence-corrected chi connectivity index (χ0v) is 11.8. The molecule has 0 saturated heterocycles. The molecule has 19 heavy (non-hydrogen) atoms. The molecule has 0 amide bonds. The quantitative estimate of drug-likeness (QED) is 0.677. The molecule has 0 spiro atoms. The summed E-state index contributed by atoms with van der Waals surface area (Å²) in [5.74, 6) is 0. The van der Waals surface area contributed by atoms with Gasteiger partial charge in [-0.3, -0.25) is 9.36 Å². The summed E-state index contributed by atoms with van der Waals surface area (Å²) in [5, 5.41) is 3.34. The van der Waals surface area contributed by atoms with Crippen LogP contribution in [0.1, 0.15) is 11.3 Å². The molecular formula is C14H11ClN2OS. The summed E-state index contributed by atoms with van der Waals surface area (Å²) in [4.78, 5) is 16.1. The number of rotatable bonds is 2. The monoisotopic (exact) mass is 290 g/mol. The highest BCUT2D eigenvalue weighted by Crippen LogP contribution is 2.21. The molecule has 0 aliphatic carbocycles. The van der Waals surface area contributed by atoms with Gasteiger partial charge in [-0.2, -0.15) is 0 Å². The molecule has 0 aliphatic rings. The van der Waals surface area contributed by atoms with E-state index in [-0.39, 0.29) is 4.87 Å². The van der Waals surface area contributed by atoms with E-state index in [1.54, 1.807) is 4.57 Å². The van der Waals surface area contributed by atoms with E-state index in [1.165, 1.54) is 11.3 Å². The van der Waals surface area contributed by atoms with E-state index in [9.17, 15) is 4.79 Å². The molecule has 0 N–H and O–H groups in total. The summed E-state index contributed by atoms with van der Waals surface area (Å²) < 4.78 is 1.71. The van der Waals surface area contributed by atoms with Gasteiger partial charge in [0, 0.05) is 22.0 Å². The van der Waals surface area contributed by atoms with Gasteiger partial charge in [0.1, 0.15) is 5.15 Å². The van der Waals surface area contributed by atoms with Gasteiger partial charge in [0.25, 0.3) is 0 Å². The van der Waals surface area contributed by atoms with Crippen molar-refractivity contribution in [3.8, 4) is 0 Å². The normalized spacial score (nSPS) is 11.1. The lowest BCUT2D eigenvalue weighted by Gasteiger charge is -2.08. The Bertz CT molecular complexity index is 807. The molecular weight excluding hydrogens is 280 g/mol. The molecule has 1 aromatic carbocycles. The third kappa shape index (κ3) is 2.29. The largest absolute Gasteiger partial charge is 0.307 e. The van der Waals surface area contributed by atoms with Gasteiger partial charge in [0.2, 0.25) is 0 Å². The van der Waals surface area contributed by atoms with Crippen LogP contribution in [-0.4, -0.2) is 9.55 Å². The lowest BCUT2D eigenvalue weighted by atomic mass is 10.1. The average molecular weight is 291 g/mol. The number of hydrogen-bond acceptors (Lipinski definition) is 3. The van der Waals surface area contributed by atoms with Crippen LogP contribution in [-0.2, 0) is 6.54 Å². The summed E-state index contributed by atoms with van der Waals surface area (Å²) in [6.45, 7) is 2.38. The highest BCUT2D eigenvalue weighted by atomic mass is 35.5. The fourth-order valence-corrected chi connectivity index (χ4v) is 2.95. The van der Waals surface area contributed by atoms with E-state index in [0.29, 0.717) is 11.7 Å². The van der Waals surface area contributed by atoms with Crippen LogP contribution in [0.4, 0.5) is 0 Å². The molecule has 0 aliphatic heterocycles. The predicted octanol–water partition coefficient (Wildman–Crippen LogP) is 3.47. The molecule has 3 rings (SSSR count). The predicted molar refractivity (Wildman–Crippen MR) is 79.2 cm³/mol. The van der Waals surface area contributed by atoms with Gasteiger partial charge >= 0.3 is 4.87 Å². The van der Waals surface area contributed by atoms with Crippen molar-refractivity contribution in [1.82, 2.24) is 9.55 Å². The van der Waals surface area contributed by atoms with Crippen LogP contribution >= 0.6 is 22.9 Å². The van der Waals surface area contributed by atoms with Crippen LogP contribution in [0.25, 0.3) is 10.9 Å². The number of aryl methyl sites for hydroxylation is 1. The summed E-state index contributed by atoms with van der Waals surface area (Å²) in [7, 11) is 0. The maximum absolute atomic E-state index is 11.7. The molecule has 2 aromatic heterocycles. The van der Waals surface area contributed by atoms with E-state index < -0.39 is 0 Å². The summed E-state index contributed by atoms with van der Waals surface area (Å²) in [6.07, 6.45) is 0. The highest BCUT2D eigenvalue weighted by molar-refractivity contribution is 7.07. The van der Waals surface area contributed by atoms with Gasteiger partial charge < -0.3 is 0 Å². The molecule has 96 valence electrons. The Morgan fingerprint density at radius 1 is 1.37 bits per heavy atom. The second-order valence-electron chi connectivity index (χ2n) is 4.36. The van der Waals surface area contributed by atoms with E-state index in [4.69, 9.17) is 11.6 Å². The van der Waals surface area contributed by atoms with E-state index in [1.807, 2.05) is 42.6 Å². The van der Waals surface area contributed by atoms with Gasteiger partial charge in [-0.25, -0.2) is 4.98 Å². The van der Waals surface area contributed by atoms with Crippen LogP contribution in [0.5, 0.6) is 0 Å². The van der Waals surface area contributed by atoms with Crippen molar-refractivity contribution in [2.45, 2.75) is 13.5 Å². The molecule has 0 radical (unpaired) electrons. The van der Waals surface area contributed by atoms with Gasteiger partial charge in [-0.15, -0.1) is 0 Å². The number of hydrogen-bond donors (Lipinski definition) is 0. The number of nitrogens with zero attached hydrogens (tertiary/aromatic N) is 2. The Kier molecular flexibility index (Phi) is 3.12. The van der Waals surface area contributed by atoms with Crippen molar-refractivity contribution in [2.24, 2.45) is 0 Å². The molecule has 3 aromatic rings. The molecule has 0 atom stereocenters. The van der Waals surface area contributed by atoms with Crippen LogP contribution in [0.15, 0.2) is 40.5 Å². The zero-order valence-electron chi connectivity index (χ0n) is 10.3. The Morgan fingerprint density at radius 3 is 2.89 bits per heavy atom. The summed E-state index contributed by atoms with van der Waals surface area (Å²) in [5.41, 5.74) is 2.67. The Morgan fingerprint density at radius 2 is 2.16 bits per heavy atom. The molecule has 0 fully saturated rings. The van der Waals surface area contributed by atoms with Crippen molar-refractivity contribution in [3.63, 3.8) is 0 Å². The summed E-state index contributed by atoms with van der Waals surface area (Å²) >= 11 is 7.41. The third-order valence-electron chi connectivity index (χ3n) is 3.05. The number of benzene rings is 1. The van der Waals surface area contributed by atoms with Crippen LogP contribution < -0.4 is 4.87 Å². The van der Waals surface area contributed by atoms with Gasteiger partial charge in [-0.05, 0) is 19.1 Å². The van der Waals surface area contributed by atoms with E-state index in [2.05, 4.69) is 4.98 Å². The second-order valence-corrected chi connectivity index (χ2v) is 5.54. The first-order valence-electron chi connectivity index (χ1n) is 5.84. The highest BCUT2D eigenvalue weighted by Gasteiger charge is 2.09. The SMILES string of the molecule is Cc1csc(=O)n1Cc1cc2ccccc2nc1Cl. The minimum Gasteiger partial charge on any atom is -0.299 e. The first-order valence-corrected chi connectivity index (χ1v) is 7.10. The maximum atomic E-state index is 11.7. The van der Waals surface area contributed by atoms with E-state index >= 15 is 0 Å². The summed E-state index contributed by atoms with van der Waals surface area (Å²) in [6, 6.07) is 9.80. The molecule has 0 bridgehead atoms. The molecule has 5 heteroatoms. The third-order valence-corrected chi connectivity index (χ3v) is 4.26. The first kappa shape index (κ1) is 12.4. The standard InChI is InChI=1S/C14H11ClN2OS/c1-9-8-19-14(18)17(9)7-11-6-10-4-2-3-5-12(10)16-13(11)15/h2-6,8H,7H2,1H3. The molecule has 0 saturated carbocycles. The van der Waals surface area contributed by atoms with Crippen LogP contribution in [0, 0.1) is 6.92 Å². The van der Waals surface area contributed by atoms with E-state index in [0.717, 1.165) is 22.2 Å². The van der Waals surface area contributed by atoms with Crippen LogP contribution in [0.3, 0.4) is 0 Å². The minimum atomic E-state index is 0.0294. The number of fused-ring (bicyclic) bond motifs is 1. The molecule has 3 nitrogen and oxygen atoms in total. The fourth-order valence-electron chi connectivity index (χ4n) is 2.01. The van der Waals surface area contributed by atoms with Gasteiger partial charge in [-0.1, -0.05) is 41.1 Å². The lowest BCUT2D eigenvalue weighted by molar-refractivity contribution is 0.753. The Hall–Kier alpha value is -1.65. The lowest BCUT2D eigenvalue weighted by Crippen LogP contribution is -2.15. The van der Waals surface area contributed by atoms with Crippen molar-refractivity contribution >= 4 is 33.8 Å². The number of para-hydroxylation sites is 1. The number of halogens is 1. The number of pyridine rings is 1. The smallest absolute Gasteiger partial charge is 0.299 e. The fraction of sp³-hybridized carbons (Fsp3) is 0.143. The minimum absolute atomic E-state index is 0.0294. The maximum Gasteiger partial charge on any atom is 0.307 e. The van der Waals surface area contributed by atoms with Gasteiger partial charge in [0.15, 0.2) is 0 Å². The first-order chi connectivity index (χ1) is 9.15. The van der Waals surface area contributed by atoms with Crippen molar-refractivity contribution in [1.29, 1.82) is 0 Å². The topological polar surface area (TPSA) is 34.9 Å². The van der Waals surface area contributed by atoms with Crippen molar-refractivity contribution < 1.29 is 0 Å². The Labute approximate surface area is 119 Å². The van der Waals surface area contributed by atoms with Crippen LogP contribution in [0.2, 0.25) is 5.15 Å². The van der Waals surface area contributed by atoms with Crippen molar-refractivity contribution in [3.05, 3.63) is 61.8 Å². The Balaban J connectivity index is 2.10. The molecule has 0 unspecified atom stereocenters. The average Bonchev–Trinajstić information content (AvgIpc) is 2.71. The molecule has 2 heterocycles. The van der Waals surface area contributed by atoms with Gasteiger partial charge in [0.05, 0.1) is 12.1 Å². The number of aromatic nitrogens is 2. The van der Waals surface area contributed by atoms with Crippen molar-refractivity contribution in [2.75, 3.05) is 0 Å². The second kappa shape index (κ2) is 4.79.